The maximum Gasteiger partial charge on any atom is 0.243 e. The van der Waals surface area contributed by atoms with Crippen LogP contribution in [0.4, 0.5) is 0 Å². The molecule has 0 radical (unpaired) electrons. The quantitative estimate of drug-likeness (QED) is 0.833. The molecule has 0 aliphatic carbocycles. The van der Waals surface area contributed by atoms with Gasteiger partial charge in [-0.3, -0.25) is 4.21 Å². The topological polar surface area (TPSA) is 74.7 Å². The van der Waals surface area contributed by atoms with E-state index in [-0.39, 0.29) is 23.7 Å². The summed E-state index contributed by atoms with van der Waals surface area (Å²) >= 11 is 0. The predicted octanol–water partition coefficient (Wildman–Crippen LogP) is 0.145. The Kier molecular flexibility index (Phi) is 3.50. The Labute approximate surface area is 103 Å². The monoisotopic (exact) mass is 275 g/mol. The third kappa shape index (κ3) is 2.67. The van der Waals surface area contributed by atoms with Crippen molar-refractivity contribution in [2.24, 2.45) is 0 Å². The van der Waals surface area contributed by atoms with E-state index >= 15 is 0 Å². The second-order valence-corrected chi connectivity index (χ2v) is 7.38. The third-order valence-electron chi connectivity index (χ3n) is 2.59. The fourth-order valence-corrected chi connectivity index (χ4v) is 4.42. The number of benzene rings is 1. The number of aromatic hydroxyl groups is 1. The van der Waals surface area contributed by atoms with Crippen LogP contribution >= 0.6 is 0 Å². The maximum absolute atomic E-state index is 12.2. The lowest BCUT2D eigenvalue weighted by Gasteiger charge is -2.25. The SMILES string of the molecule is O=S1CCN(S(=O)(=O)c2cccc(O)c2)CC1. The van der Waals surface area contributed by atoms with Gasteiger partial charge in [0.25, 0.3) is 0 Å². The Morgan fingerprint density at radius 3 is 2.47 bits per heavy atom. The fraction of sp³-hybridized carbons (Fsp3) is 0.400. The second kappa shape index (κ2) is 4.75. The molecule has 0 aromatic heterocycles. The van der Waals surface area contributed by atoms with Crippen LogP contribution in [0.2, 0.25) is 0 Å². The molecule has 0 spiro atoms. The van der Waals surface area contributed by atoms with E-state index in [4.69, 9.17) is 0 Å². The summed E-state index contributed by atoms with van der Waals surface area (Å²) in [6.07, 6.45) is 0. The summed E-state index contributed by atoms with van der Waals surface area (Å²) in [4.78, 5) is 0.0742. The van der Waals surface area contributed by atoms with Gasteiger partial charge in [-0.2, -0.15) is 4.31 Å². The van der Waals surface area contributed by atoms with E-state index in [0.717, 1.165) is 0 Å². The molecule has 1 fully saturated rings. The van der Waals surface area contributed by atoms with Crippen LogP contribution in [0.15, 0.2) is 29.2 Å². The van der Waals surface area contributed by atoms with Crippen molar-refractivity contribution in [1.82, 2.24) is 4.31 Å². The van der Waals surface area contributed by atoms with Gasteiger partial charge in [0.2, 0.25) is 10.0 Å². The molecular weight excluding hydrogens is 262 g/mol. The van der Waals surface area contributed by atoms with Gasteiger partial charge < -0.3 is 5.11 Å². The molecule has 0 bridgehead atoms. The highest BCUT2D eigenvalue weighted by Crippen LogP contribution is 2.20. The van der Waals surface area contributed by atoms with Gasteiger partial charge in [0.15, 0.2) is 0 Å². The van der Waals surface area contributed by atoms with Crippen molar-refractivity contribution in [3.63, 3.8) is 0 Å². The van der Waals surface area contributed by atoms with Gasteiger partial charge in [-0.05, 0) is 18.2 Å². The van der Waals surface area contributed by atoms with Gasteiger partial charge in [0, 0.05) is 35.4 Å². The Morgan fingerprint density at radius 1 is 1.24 bits per heavy atom. The summed E-state index contributed by atoms with van der Waals surface area (Å²) < 4.78 is 36.8. The predicted molar refractivity (Wildman–Crippen MR) is 64.7 cm³/mol. The number of nitrogens with zero attached hydrogens (tertiary/aromatic N) is 1. The molecule has 7 heteroatoms. The molecule has 0 saturated carbocycles. The zero-order chi connectivity index (χ0) is 12.5. The average molecular weight is 275 g/mol. The van der Waals surface area contributed by atoms with Crippen LogP contribution in [0.5, 0.6) is 5.75 Å². The van der Waals surface area contributed by atoms with E-state index in [0.29, 0.717) is 11.5 Å². The Balaban J connectivity index is 2.27. The van der Waals surface area contributed by atoms with E-state index in [1.807, 2.05) is 0 Å². The van der Waals surface area contributed by atoms with Crippen LogP contribution in [0.1, 0.15) is 0 Å². The number of hydrogen-bond acceptors (Lipinski definition) is 4. The highest BCUT2D eigenvalue weighted by Gasteiger charge is 2.28. The standard InChI is InChI=1S/C10H13NO4S2/c12-9-2-1-3-10(8-9)17(14,15)11-4-6-16(13)7-5-11/h1-3,8,12H,4-7H2. The van der Waals surface area contributed by atoms with Crippen LogP contribution in [0.25, 0.3) is 0 Å². The van der Waals surface area contributed by atoms with Gasteiger partial charge in [0.1, 0.15) is 5.75 Å². The minimum atomic E-state index is -3.57. The minimum Gasteiger partial charge on any atom is -0.508 e. The molecule has 1 aromatic rings. The van der Waals surface area contributed by atoms with E-state index in [2.05, 4.69) is 0 Å². The van der Waals surface area contributed by atoms with Crippen LogP contribution in [-0.2, 0) is 20.8 Å². The molecule has 1 heterocycles. The Morgan fingerprint density at radius 2 is 1.88 bits per heavy atom. The summed E-state index contributed by atoms with van der Waals surface area (Å²) in [5, 5.41) is 9.29. The molecule has 5 nitrogen and oxygen atoms in total. The molecular formula is C10H13NO4S2. The zero-order valence-electron chi connectivity index (χ0n) is 9.07. The number of phenols is 1. The highest BCUT2D eigenvalue weighted by atomic mass is 32.2. The first kappa shape index (κ1) is 12.5. The number of hydrogen-bond donors (Lipinski definition) is 1. The molecule has 0 atom stereocenters. The largest absolute Gasteiger partial charge is 0.508 e. The van der Waals surface area contributed by atoms with Crippen molar-refractivity contribution in [2.75, 3.05) is 24.6 Å². The molecule has 94 valence electrons. The molecule has 1 aromatic carbocycles. The van der Waals surface area contributed by atoms with Crippen molar-refractivity contribution in [2.45, 2.75) is 4.90 Å². The molecule has 17 heavy (non-hydrogen) atoms. The first-order valence-electron chi connectivity index (χ1n) is 5.14. The molecule has 1 N–H and O–H groups in total. The lowest BCUT2D eigenvalue weighted by Crippen LogP contribution is -2.41. The smallest absolute Gasteiger partial charge is 0.243 e. The number of sulfonamides is 1. The summed E-state index contributed by atoms with van der Waals surface area (Å²) in [6, 6.07) is 5.58. The van der Waals surface area contributed by atoms with Crippen molar-refractivity contribution in [1.29, 1.82) is 0 Å². The zero-order valence-corrected chi connectivity index (χ0v) is 10.7. The maximum atomic E-state index is 12.2. The van der Waals surface area contributed by atoms with Crippen LogP contribution < -0.4 is 0 Å². The molecule has 1 aliphatic heterocycles. The van der Waals surface area contributed by atoms with Crippen LogP contribution in [0.3, 0.4) is 0 Å². The molecule has 0 unspecified atom stereocenters. The highest BCUT2D eigenvalue weighted by molar-refractivity contribution is 7.89. The van der Waals surface area contributed by atoms with Gasteiger partial charge in [0.05, 0.1) is 4.90 Å². The average Bonchev–Trinajstić information content (AvgIpc) is 2.29. The van der Waals surface area contributed by atoms with Crippen molar-refractivity contribution in [3.8, 4) is 5.75 Å². The van der Waals surface area contributed by atoms with Crippen LogP contribution in [0, 0.1) is 0 Å². The fourth-order valence-electron chi connectivity index (χ4n) is 1.65. The molecule has 1 saturated heterocycles. The first-order valence-corrected chi connectivity index (χ1v) is 8.07. The summed E-state index contributed by atoms with van der Waals surface area (Å²) in [5.41, 5.74) is 0. The molecule has 1 aliphatic rings. The third-order valence-corrected chi connectivity index (χ3v) is 5.76. The normalized spacial score (nSPS) is 19.3. The van der Waals surface area contributed by atoms with Crippen molar-refractivity contribution < 1.29 is 17.7 Å². The number of phenolic OH excluding ortho intramolecular Hbond substituents is 1. The minimum absolute atomic E-state index is 0.0742. The lowest BCUT2D eigenvalue weighted by molar-refractivity contribution is 0.436. The van der Waals surface area contributed by atoms with E-state index in [1.54, 1.807) is 0 Å². The Bertz CT molecular complexity index is 531. The van der Waals surface area contributed by atoms with Crippen molar-refractivity contribution in [3.05, 3.63) is 24.3 Å². The summed E-state index contributed by atoms with van der Waals surface area (Å²) in [5.74, 6) is 0.669. The van der Waals surface area contributed by atoms with E-state index in [9.17, 15) is 17.7 Å². The van der Waals surface area contributed by atoms with Gasteiger partial charge in [-0.1, -0.05) is 6.07 Å². The number of rotatable bonds is 2. The molecule has 2 rings (SSSR count). The summed E-state index contributed by atoms with van der Waals surface area (Å²) in [7, 11) is -4.48. The van der Waals surface area contributed by atoms with Crippen molar-refractivity contribution >= 4 is 20.8 Å². The van der Waals surface area contributed by atoms with Crippen LogP contribution in [-0.4, -0.2) is 46.6 Å². The van der Waals surface area contributed by atoms with Gasteiger partial charge >= 0.3 is 0 Å². The summed E-state index contributed by atoms with van der Waals surface area (Å²) in [6.45, 7) is 0.537. The van der Waals surface area contributed by atoms with E-state index < -0.39 is 20.8 Å². The Hall–Kier alpha value is -0.920. The second-order valence-electron chi connectivity index (χ2n) is 3.75. The van der Waals surface area contributed by atoms with Gasteiger partial charge in [-0.25, -0.2) is 8.42 Å². The van der Waals surface area contributed by atoms with E-state index in [1.165, 1.54) is 28.6 Å². The van der Waals surface area contributed by atoms with Gasteiger partial charge in [-0.15, -0.1) is 0 Å². The lowest BCUT2D eigenvalue weighted by atomic mass is 10.3. The first-order chi connectivity index (χ1) is 8.00. The molecule has 0 amide bonds.